The number of hydrazine groups is 1. The molecule has 96 valence electrons. The highest BCUT2D eigenvalue weighted by molar-refractivity contribution is 9.10. The maximum absolute atomic E-state index is 5.60. The van der Waals surface area contributed by atoms with Gasteiger partial charge in [0, 0.05) is 16.3 Å². The van der Waals surface area contributed by atoms with Crippen LogP contribution in [0.25, 0.3) is 0 Å². The second-order valence-corrected chi connectivity index (χ2v) is 6.62. The van der Waals surface area contributed by atoms with Crippen LogP contribution in [0.5, 0.6) is 0 Å². The Balaban J connectivity index is 2.41. The zero-order valence-electron chi connectivity index (χ0n) is 10.4. The molecule has 1 rings (SSSR count). The third-order valence-corrected chi connectivity index (χ3v) is 4.41. The SMILES string of the molecule is CC(C)CSCC(Cc1cccc(Br)c1)NN. The minimum absolute atomic E-state index is 0.341. The van der Waals surface area contributed by atoms with E-state index in [1.165, 1.54) is 11.3 Å². The Morgan fingerprint density at radius 3 is 2.71 bits per heavy atom. The van der Waals surface area contributed by atoms with E-state index in [1.54, 1.807) is 0 Å². The van der Waals surface area contributed by atoms with E-state index < -0.39 is 0 Å². The average Bonchev–Trinajstić information content (AvgIpc) is 2.27. The van der Waals surface area contributed by atoms with Crippen molar-refractivity contribution in [3.8, 4) is 0 Å². The normalized spacial score (nSPS) is 13.0. The van der Waals surface area contributed by atoms with E-state index in [2.05, 4.69) is 53.4 Å². The second kappa shape index (κ2) is 8.14. The van der Waals surface area contributed by atoms with E-state index in [4.69, 9.17) is 5.84 Å². The number of rotatable bonds is 7. The van der Waals surface area contributed by atoms with Crippen LogP contribution in [-0.4, -0.2) is 17.5 Å². The van der Waals surface area contributed by atoms with Crippen molar-refractivity contribution in [2.45, 2.75) is 26.3 Å². The first-order chi connectivity index (χ1) is 8.11. The number of hydrogen-bond acceptors (Lipinski definition) is 3. The zero-order valence-corrected chi connectivity index (χ0v) is 12.9. The van der Waals surface area contributed by atoms with Crippen molar-refractivity contribution in [3.63, 3.8) is 0 Å². The first-order valence-electron chi connectivity index (χ1n) is 5.90. The van der Waals surface area contributed by atoms with Crippen molar-refractivity contribution in [2.75, 3.05) is 11.5 Å². The minimum Gasteiger partial charge on any atom is -0.271 e. The average molecular weight is 317 g/mol. The summed E-state index contributed by atoms with van der Waals surface area (Å²) in [6.45, 7) is 4.48. The van der Waals surface area contributed by atoms with E-state index in [0.717, 1.165) is 22.6 Å². The summed E-state index contributed by atoms with van der Waals surface area (Å²) in [7, 11) is 0. The van der Waals surface area contributed by atoms with Crippen LogP contribution in [0.2, 0.25) is 0 Å². The molecule has 0 fully saturated rings. The lowest BCUT2D eigenvalue weighted by molar-refractivity contribution is 0.574. The molecule has 0 saturated heterocycles. The van der Waals surface area contributed by atoms with Gasteiger partial charge in [-0.25, -0.2) is 0 Å². The molecule has 0 saturated carbocycles. The quantitative estimate of drug-likeness (QED) is 0.599. The molecule has 17 heavy (non-hydrogen) atoms. The molecule has 0 aliphatic rings. The highest BCUT2D eigenvalue weighted by Crippen LogP contribution is 2.15. The largest absolute Gasteiger partial charge is 0.271 e. The first kappa shape index (κ1) is 15.0. The van der Waals surface area contributed by atoms with Gasteiger partial charge >= 0.3 is 0 Å². The predicted octanol–water partition coefficient (Wildman–Crippen LogP) is 3.21. The van der Waals surface area contributed by atoms with Gasteiger partial charge in [-0.1, -0.05) is 41.9 Å². The van der Waals surface area contributed by atoms with Crippen molar-refractivity contribution in [2.24, 2.45) is 11.8 Å². The second-order valence-electron chi connectivity index (χ2n) is 4.63. The number of nitrogens with two attached hydrogens (primary N) is 1. The van der Waals surface area contributed by atoms with Gasteiger partial charge in [0.2, 0.25) is 0 Å². The van der Waals surface area contributed by atoms with Gasteiger partial charge < -0.3 is 0 Å². The standard InChI is InChI=1S/C13H21BrN2S/c1-10(2)8-17-9-13(16-15)7-11-4-3-5-12(14)6-11/h3-6,10,13,16H,7-9,15H2,1-2H3. The smallest absolute Gasteiger partial charge is 0.0341 e. The van der Waals surface area contributed by atoms with Crippen LogP contribution in [0, 0.1) is 5.92 Å². The van der Waals surface area contributed by atoms with Gasteiger partial charge in [-0.2, -0.15) is 11.8 Å². The fourth-order valence-electron chi connectivity index (χ4n) is 1.56. The molecule has 2 nitrogen and oxygen atoms in total. The van der Waals surface area contributed by atoms with Gasteiger partial charge in [-0.05, 0) is 35.8 Å². The van der Waals surface area contributed by atoms with Crippen LogP contribution in [0.15, 0.2) is 28.7 Å². The molecule has 0 aliphatic carbocycles. The third-order valence-electron chi connectivity index (χ3n) is 2.38. The molecular formula is C13H21BrN2S. The van der Waals surface area contributed by atoms with Gasteiger partial charge in [-0.3, -0.25) is 11.3 Å². The summed E-state index contributed by atoms with van der Waals surface area (Å²) in [5.41, 5.74) is 4.22. The summed E-state index contributed by atoms with van der Waals surface area (Å²) < 4.78 is 1.13. The first-order valence-corrected chi connectivity index (χ1v) is 7.85. The molecule has 0 spiro atoms. The molecule has 1 unspecified atom stereocenters. The fourth-order valence-corrected chi connectivity index (χ4v) is 3.11. The highest BCUT2D eigenvalue weighted by Gasteiger charge is 2.08. The Kier molecular flexibility index (Phi) is 7.19. The molecule has 1 aromatic carbocycles. The lowest BCUT2D eigenvalue weighted by Crippen LogP contribution is -2.38. The molecular weight excluding hydrogens is 296 g/mol. The predicted molar refractivity (Wildman–Crippen MR) is 81.1 cm³/mol. The van der Waals surface area contributed by atoms with Crippen molar-refractivity contribution in [1.82, 2.24) is 5.43 Å². The summed E-state index contributed by atoms with van der Waals surface area (Å²) in [5.74, 6) is 8.59. The van der Waals surface area contributed by atoms with Gasteiger partial charge in [0.15, 0.2) is 0 Å². The molecule has 4 heteroatoms. The topological polar surface area (TPSA) is 38.0 Å². The van der Waals surface area contributed by atoms with Crippen LogP contribution in [0.1, 0.15) is 19.4 Å². The third kappa shape index (κ3) is 6.46. The summed E-state index contributed by atoms with van der Waals surface area (Å²) >= 11 is 5.45. The minimum atomic E-state index is 0.341. The molecule has 3 N–H and O–H groups in total. The molecule has 0 aliphatic heterocycles. The molecule has 0 aromatic heterocycles. The molecule has 1 aromatic rings. The lowest BCUT2D eigenvalue weighted by Gasteiger charge is -2.16. The van der Waals surface area contributed by atoms with E-state index in [9.17, 15) is 0 Å². The van der Waals surface area contributed by atoms with Crippen molar-refractivity contribution in [1.29, 1.82) is 0 Å². The summed E-state index contributed by atoms with van der Waals surface area (Å²) in [6.07, 6.45) is 0.973. The van der Waals surface area contributed by atoms with Gasteiger partial charge in [0.05, 0.1) is 0 Å². The maximum atomic E-state index is 5.60. The highest BCUT2D eigenvalue weighted by atomic mass is 79.9. The number of halogens is 1. The van der Waals surface area contributed by atoms with Crippen molar-refractivity contribution < 1.29 is 0 Å². The van der Waals surface area contributed by atoms with Gasteiger partial charge in [0.25, 0.3) is 0 Å². The maximum Gasteiger partial charge on any atom is 0.0341 e. The summed E-state index contributed by atoms with van der Waals surface area (Å²) in [4.78, 5) is 0. The van der Waals surface area contributed by atoms with Crippen LogP contribution in [0.3, 0.4) is 0 Å². The Labute approximate surface area is 117 Å². The van der Waals surface area contributed by atoms with Crippen LogP contribution in [0.4, 0.5) is 0 Å². The Morgan fingerprint density at radius 2 is 2.12 bits per heavy atom. The van der Waals surface area contributed by atoms with Gasteiger partial charge in [0.1, 0.15) is 0 Å². The summed E-state index contributed by atoms with van der Waals surface area (Å²) in [5, 5.41) is 0. The summed E-state index contributed by atoms with van der Waals surface area (Å²) in [6, 6.07) is 8.74. The van der Waals surface area contributed by atoms with E-state index >= 15 is 0 Å². The van der Waals surface area contributed by atoms with Crippen LogP contribution < -0.4 is 11.3 Å². The molecule has 0 amide bonds. The van der Waals surface area contributed by atoms with Crippen molar-refractivity contribution in [3.05, 3.63) is 34.3 Å². The zero-order chi connectivity index (χ0) is 12.7. The number of benzene rings is 1. The van der Waals surface area contributed by atoms with Crippen LogP contribution >= 0.6 is 27.7 Å². The lowest BCUT2D eigenvalue weighted by atomic mass is 10.1. The van der Waals surface area contributed by atoms with Crippen LogP contribution in [-0.2, 0) is 6.42 Å². The Bertz CT molecular complexity index is 331. The van der Waals surface area contributed by atoms with E-state index in [1.807, 2.05) is 17.8 Å². The van der Waals surface area contributed by atoms with Gasteiger partial charge in [-0.15, -0.1) is 0 Å². The molecule has 0 heterocycles. The van der Waals surface area contributed by atoms with E-state index in [0.29, 0.717) is 6.04 Å². The Hall–Kier alpha value is -0.0300. The van der Waals surface area contributed by atoms with Crippen molar-refractivity contribution >= 4 is 27.7 Å². The van der Waals surface area contributed by atoms with E-state index in [-0.39, 0.29) is 0 Å². The fraction of sp³-hybridized carbons (Fsp3) is 0.538. The monoisotopic (exact) mass is 316 g/mol. The molecule has 0 radical (unpaired) electrons. The molecule has 0 bridgehead atoms. The number of hydrogen-bond donors (Lipinski definition) is 2. The molecule has 1 atom stereocenters. The number of thioether (sulfide) groups is 1. The number of nitrogens with one attached hydrogen (secondary N) is 1. The Morgan fingerprint density at radius 1 is 1.35 bits per heavy atom.